The van der Waals surface area contributed by atoms with Crippen molar-refractivity contribution in [3.05, 3.63) is 4.91 Å². The Hall–Kier alpha value is -1.17. The maximum absolute atomic E-state index is 9.11. The minimum Gasteiger partial charge on any atom is -0.367 e. The number of nitrogens with two attached hydrogens (primary N) is 1. The third-order valence-corrected chi connectivity index (χ3v) is 0.263. The zero-order valence-electron chi connectivity index (χ0n) is 3.33. The zero-order valence-corrected chi connectivity index (χ0v) is 3.33. The van der Waals surface area contributed by atoms with Crippen molar-refractivity contribution in [1.29, 1.82) is 0 Å². The van der Waals surface area contributed by atoms with Crippen molar-refractivity contribution in [3.8, 4) is 0 Å². The number of nitroso groups, excluding NO2 is 1. The Bertz CT molecular complexity index is 87.7. The number of hydrogen-bond acceptors (Lipinski definition) is 3. The first kappa shape index (κ1) is 5.83. The lowest BCUT2D eigenvalue weighted by Gasteiger charge is -1.86. The van der Waals surface area contributed by atoms with E-state index in [9.17, 15) is 0 Å². The van der Waals surface area contributed by atoms with E-state index in [0.717, 1.165) is 0 Å². The smallest absolute Gasteiger partial charge is 0.241 e. The van der Waals surface area contributed by atoms with E-state index in [1.807, 2.05) is 5.29 Å². The lowest BCUT2D eigenvalue weighted by molar-refractivity contribution is 0.232. The van der Waals surface area contributed by atoms with Crippen molar-refractivity contribution in [1.82, 2.24) is 5.48 Å². The number of nitrogens with one attached hydrogen (secondary N) is 1. The highest BCUT2D eigenvalue weighted by Gasteiger charge is 1.79. The molecular weight excluding hydrogens is 100 g/mol. The van der Waals surface area contributed by atoms with Gasteiger partial charge in [-0.3, -0.25) is 5.21 Å². The Balaban J connectivity index is 3.49. The normalized spacial score (nSPS) is 10.7. The highest BCUT2D eigenvalue weighted by molar-refractivity contribution is 5.76. The number of guanidine groups is 1. The van der Waals surface area contributed by atoms with Crippen LogP contribution in [0, 0.1) is 4.91 Å². The largest absolute Gasteiger partial charge is 0.367 e. The fraction of sp³-hybridized carbons (Fsp3) is 0. The lowest BCUT2D eigenvalue weighted by Crippen LogP contribution is -2.27. The van der Waals surface area contributed by atoms with Crippen LogP contribution in [0.5, 0.6) is 0 Å². The predicted molar refractivity (Wildman–Crippen MR) is 22.3 cm³/mol. The molecular formula is CH4N4O2. The fourth-order valence-electron chi connectivity index (χ4n) is 0.0663. The molecule has 0 aromatic rings. The fourth-order valence-corrected chi connectivity index (χ4v) is 0.0663. The molecule has 0 rings (SSSR count). The van der Waals surface area contributed by atoms with Gasteiger partial charge in [0.05, 0.1) is 5.29 Å². The molecule has 7 heavy (non-hydrogen) atoms. The highest BCUT2D eigenvalue weighted by atomic mass is 16.5. The van der Waals surface area contributed by atoms with Crippen molar-refractivity contribution in [2.24, 2.45) is 16.1 Å². The van der Waals surface area contributed by atoms with E-state index in [1.54, 1.807) is 0 Å². The van der Waals surface area contributed by atoms with E-state index in [2.05, 4.69) is 10.8 Å². The van der Waals surface area contributed by atoms with Crippen molar-refractivity contribution >= 4 is 5.96 Å². The van der Waals surface area contributed by atoms with Crippen molar-refractivity contribution in [2.45, 2.75) is 0 Å². The molecule has 0 aliphatic rings. The van der Waals surface area contributed by atoms with Crippen molar-refractivity contribution < 1.29 is 5.21 Å². The van der Waals surface area contributed by atoms with E-state index in [-0.39, 0.29) is 0 Å². The van der Waals surface area contributed by atoms with Crippen LogP contribution in [0.15, 0.2) is 10.4 Å². The monoisotopic (exact) mass is 104 g/mol. The number of hydroxylamine groups is 1. The topological polar surface area (TPSA) is 100 Å². The summed E-state index contributed by atoms with van der Waals surface area (Å²) < 4.78 is 0. The number of hydrogen-bond donors (Lipinski definition) is 3. The summed E-state index contributed by atoms with van der Waals surface area (Å²) in [6.07, 6.45) is 0. The van der Waals surface area contributed by atoms with Crippen LogP contribution >= 0.6 is 0 Å². The number of nitrogens with zero attached hydrogens (tertiary/aromatic N) is 2. The molecule has 0 saturated carbocycles. The van der Waals surface area contributed by atoms with Crippen LogP contribution in [0.3, 0.4) is 0 Å². The average Bonchev–Trinajstić information content (AvgIpc) is 1.68. The van der Waals surface area contributed by atoms with Crippen LogP contribution in [0.2, 0.25) is 0 Å². The maximum atomic E-state index is 9.11. The van der Waals surface area contributed by atoms with Gasteiger partial charge in [-0.25, -0.2) is 5.48 Å². The molecule has 0 saturated heterocycles. The van der Waals surface area contributed by atoms with Crippen LogP contribution < -0.4 is 11.2 Å². The summed E-state index contributed by atoms with van der Waals surface area (Å²) in [4.78, 5) is 9.11. The van der Waals surface area contributed by atoms with Crippen molar-refractivity contribution in [3.63, 3.8) is 0 Å². The zero-order chi connectivity index (χ0) is 5.70. The lowest BCUT2D eigenvalue weighted by atomic mass is 11.1. The van der Waals surface area contributed by atoms with Gasteiger partial charge in [-0.2, -0.15) is 0 Å². The van der Waals surface area contributed by atoms with Gasteiger partial charge in [0.1, 0.15) is 0 Å². The molecule has 0 bridgehead atoms. The first-order valence-electron chi connectivity index (χ1n) is 1.37. The second-order valence-electron chi connectivity index (χ2n) is 0.679. The van der Waals surface area contributed by atoms with E-state index >= 15 is 0 Å². The van der Waals surface area contributed by atoms with E-state index in [4.69, 9.17) is 10.1 Å². The second kappa shape index (κ2) is 3.04. The third-order valence-electron chi connectivity index (χ3n) is 0.263. The van der Waals surface area contributed by atoms with Crippen LogP contribution in [0.1, 0.15) is 0 Å². The maximum Gasteiger partial charge on any atom is 0.241 e. The second-order valence-corrected chi connectivity index (χ2v) is 0.679. The van der Waals surface area contributed by atoms with Crippen LogP contribution in [0.4, 0.5) is 0 Å². The first-order valence-corrected chi connectivity index (χ1v) is 1.37. The Morgan fingerprint density at radius 1 is 1.86 bits per heavy atom. The molecule has 0 heterocycles. The average molecular weight is 104 g/mol. The molecule has 0 amide bonds. The summed E-state index contributed by atoms with van der Waals surface area (Å²) in [5, 5.41) is 12.4. The van der Waals surface area contributed by atoms with Gasteiger partial charge in [-0.1, -0.05) is 5.10 Å². The molecule has 0 aromatic carbocycles. The summed E-state index contributed by atoms with van der Waals surface area (Å²) in [6, 6.07) is 0. The highest BCUT2D eigenvalue weighted by Crippen LogP contribution is 1.61. The molecule has 0 radical (unpaired) electrons. The van der Waals surface area contributed by atoms with E-state index in [0.29, 0.717) is 0 Å². The van der Waals surface area contributed by atoms with Crippen LogP contribution in [0.25, 0.3) is 0 Å². The summed E-state index contributed by atoms with van der Waals surface area (Å²) in [5.41, 5.74) is 6.08. The minimum absolute atomic E-state index is 0.421. The molecule has 4 N–H and O–H groups in total. The Labute approximate surface area is 38.9 Å². The van der Waals surface area contributed by atoms with Crippen molar-refractivity contribution in [2.75, 3.05) is 0 Å². The Morgan fingerprint density at radius 2 is 2.43 bits per heavy atom. The SMILES string of the molecule is N/C(=N/N=O)NO. The first-order chi connectivity index (χ1) is 3.31. The van der Waals surface area contributed by atoms with Crippen LogP contribution in [-0.4, -0.2) is 11.2 Å². The number of rotatable bonds is 1. The van der Waals surface area contributed by atoms with Crippen LogP contribution in [-0.2, 0) is 0 Å². The van der Waals surface area contributed by atoms with Gasteiger partial charge < -0.3 is 5.73 Å². The molecule has 0 unspecified atom stereocenters. The molecule has 40 valence electrons. The summed E-state index contributed by atoms with van der Waals surface area (Å²) in [6.45, 7) is 0. The van der Waals surface area contributed by atoms with E-state index in [1.165, 1.54) is 5.48 Å². The van der Waals surface area contributed by atoms with E-state index < -0.39 is 5.96 Å². The molecule has 6 heteroatoms. The molecule has 6 nitrogen and oxygen atoms in total. The van der Waals surface area contributed by atoms with Gasteiger partial charge in [0.2, 0.25) is 5.96 Å². The minimum atomic E-state index is -0.421. The molecule has 0 atom stereocenters. The van der Waals surface area contributed by atoms with Gasteiger partial charge >= 0.3 is 0 Å². The van der Waals surface area contributed by atoms with Gasteiger partial charge in [0.15, 0.2) is 0 Å². The summed E-state index contributed by atoms with van der Waals surface area (Å²) >= 11 is 0. The van der Waals surface area contributed by atoms with Gasteiger partial charge in [0.25, 0.3) is 0 Å². The van der Waals surface area contributed by atoms with Gasteiger partial charge in [-0.05, 0) is 0 Å². The summed E-state index contributed by atoms with van der Waals surface area (Å²) in [7, 11) is 0. The standard InChI is InChI=1S/CH4N4O2/c2-1(4-6)3-5-7/h6H,(H3,2,3,4,7). The Kier molecular flexibility index (Phi) is 2.53. The molecule has 0 aliphatic carbocycles. The summed E-state index contributed by atoms with van der Waals surface area (Å²) in [5.74, 6) is -0.421. The molecule has 0 fully saturated rings. The van der Waals surface area contributed by atoms with Gasteiger partial charge in [0, 0.05) is 0 Å². The third kappa shape index (κ3) is 2.64. The molecule has 0 aliphatic heterocycles. The quantitative estimate of drug-likeness (QED) is 0.171. The molecule has 0 aromatic heterocycles. The van der Waals surface area contributed by atoms with Gasteiger partial charge in [-0.15, -0.1) is 4.91 Å². The predicted octanol–water partition coefficient (Wildman–Crippen LogP) is -1.04. The Morgan fingerprint density at radius 3 is 2.57 bits per heavy atom. The molecule has 0 spiro atoms.